The molecule has 3 N–H and O–H groups in total. The number of hydrogen-bond acceptors (Lipinski definition) is 3. The minimum Gasteiger partial charge on any atom is -0.388 e. The fourth-order valence-corrected chi connectivity index (χ4v) is 1.92. The minimum absolute atomic E-state index is 0.269. The first-order valence-electron chi connectivity index (χ1n) is 6.52. The molecule has 0 aliphatic heterocycles. The van der Waals surface area contributed by atoms with Gasteiger partial charge in [-0.2, -0.15) is 0 Å². The molecule has 100 valence electrons. The van der Waals surface area contributed by atoms with Crippen LogP contribution in [0.3, 0.4) is 0 Å². The Morgan fingerprint density at radius 3 is 2.78 bits per heavy atom. The van der Waals surface area contributed by atoms with E-state index >= 15 is 0 Å². The number of pyridine rings is 1. The highest BCUT2D eigenvalue weighted by Crippen LogP contribution is 2.04. The van der Waals surface area contributed by atoms with Crippen molar-refractivity contribution in [1.82, 2.24) is 9.88 Å². The van der Waals surface area contributed by atoms with Gasteiger partial charge in [-0.05, 0) is 24.0 Å². The summed E-state index contributed by atoms with van der Waals surface area (Å²) in [4.78, 5) is 6.50. The van der Waals surface area contributed by atoms with Crippen LogP contribution in [-0.4, -0.2) is 35.4 Å². The van der Waals surface area contributed by atoms with E-state index in [9.17, 15) is 0 Å². The lowest BCUT2D eigenvalue weighted by atomic mass is 10.1. The van der Waals surface area contributed by atoms with Crippen LogP contribution in [0.1, 0.15) is 25.8 Å². The highest BCUT2D eigenvalue weighted by molar-refractivity contribution is 5.76. The molecule has 0 aliphatic rings. The molecule has 0 saturated carbocycles. The number of amidine groups is 1. The Hall–Kier alpha value is -1.42. The van der Waals surface area contributed by atoms with Crippen LogP contribution >= 0.6 is 0 Å². The molecule has 0 saturated heterocycles. The van der Waals surface area contributed by atoms with Crippen LogP contribution in [0.4, 0.5) is 0 Å². The molecule has 0 fully saturated rings. The van der Waals surface area contributed by atoms with E-state index in [-0.39, 0.29) is 5.84 Å². The molecule has 1 heterocycles. The van der Waals surface area contributed by atoms with Gasteiger partial charge in [0.15, 0.2) is 0 Å². The predicted octanol–water partition coefficient (Wildman–Crippen LogP) is 1.91. The summed E-state index contributed by atoms with van der Waals surface area (Å²) in [6.07, 6.45) is 5.36. The zero-order valence-corrected chi connectivity index (χ0v) is 11.4. The number of nitrogens with zero attached hydrogens (tertiary/aromatic N) is 2. The molecule has 4 heteroatoms. The second-order valence-corrected chi connectivity index (χ2v) is 5.08. The van der Waals surface area contributed by atoms with Crippen LogP contribution in [0.2, 0.25) is 0 Å². The summed E-state index contributed by atoms with van der Waals surface area (Å²) in [5, 5.41) is 7.31. The quantitative estimate of drug-likeness (QED) is 0.545. The van der Waals surface area contributed by atoms with Gasteiger partial charge in [0.25, 0.3) is 0 Å². The Morgan fingerprint density at radius 2 is 2.22 bits per heavy atom. The second kappa shape index (κ2) is 7.82. The minimum atomic E-state index is 0.269. The van der Waals surface area contributed by atoms with Gasteiger partial charge in [0, 0.05) is 38.4 Å². The summed E-state index contributed by atoms with van der Waals surface area (Å²) in [6.45, 7) is 7.34. The van der Waals surface area contributed by atoms with Gasteiger partial charge in [0.05, 0.1) is 5.84 Å². The van der Waals surface area contributed by atoms with Gasteiger partial charge in [-0.1, -0.05) is 19.9 Å². The van der Waals surface area contributed by atoms with Crippen LogP contribution < -0.4 is 5.73 Å². The first-order chi connectivity index (χ1) is 8.58. The molecule has 1 rings (SSSR count). The first kappa shape index (κ1) is 14.6. The lowest BCUT2D eigenvalue weighted by Gasteiger charge is -2.24. The third-order valence-electron chi connectivity index (χ3n) is 2.76. The lowest BCUT2D eigenvalue weighted by Crippen LogP contribution is -2.33. The second-order valence-electron chi connectivity index (χ2n) is 5.08. The third-order valence-corrected chi connectivity index (χ3v) is 2.76. The van der Waals surface area contributed by atoms with Gasteiger partial charge in [-0.15, -0.1) is 0 Å². The Morgan fingerprint density at radius 1 is 1.44 bits per heavy atom. The van der Waals surface area contributed by atoms with Crippen molar-refractivity contribution in [3.8, 4) is 0 Å². The summed E-state index contributed by atoms with van der Waals surface area (Å²) in [6, 6.07) is 4.07. The monoisotopic (exact) mass is 248 g/mol. The standard InChI is InChI=1S/C14H24N4/c1-12(2)11-18(9-6-14(15)16)8-5-13-4-3-7-17-10-13/h3-4,7,10,12H,5-6,8-9,11H2,1-2H3,(H3,15,16). The van der Waals surface area contributed by atoms with Gasteiger partial charge in [0.1, 0.15) is 0 Å². The topological polar surface area (TPSA) is 66.0 Å². The molecular formula is C14H24N4. The molecule has 0 atom stereocenters. The Bertz CT molecular complexity index is 348. The van der Waals surface area contributed by atoms with Crippen molar-refractivity contribution in [2.45, 2.75) is 26.7 Å². The van der Waals surface area contributed by atoms with E-state index in [1.165, 1.54) is 5.56 Å². The van der Waals surface area contributed by atoms with Crippen molar-refractivity contribution in [3.05, 3.63) is 30.1 Å². The van der Waals surface area contributed by atoms with Crippen molar-refractivity contribution in [2.75, 3.05) is 19.6 Å². The van der Waals surface area contributed by atoms with E-state index in [1.54, 1.807) is 6.20 Å². The fourth-order valence-electron chi connectivity index (χ4n) is 1.92. The summed E-state index contributed by atoms with van der Waals surface area (Å²) in [5.74, 6) is 0.899. The smallest absolute Gasteiger partial charge is 0.0918 e. The molecule has 0 unspecified atom stereocenters. The molecule has 18 heavy (non-hydrogen) atoms. The van der Waals surface area contributed by atoms with E-state index in [0.717, 1.165) is 26.1 Å². The summed E-state index contributed by atoms with van der Waals surface area (Å²) >= 11 is 0. The third kappa shape index (κ3) is 6.35. The number of rotatable bonds is 8. The van der Waals surface area contributed by atoms with Crippen LogP contribution in [0.5, 0.6) is 0 Å². The molecule has 0 amide bonds. The van der Waals surface area contributed by atoms with Crippen LogP contribution in [-0.2, 0) is 6.42 Å². The summed E-state index contributed by atoms with van der Waals surface area (Å²) in [7, 11) is 0. The molecule has 0 spiro atoms. The normalized spacial score (nSPS) is 11.1. The predicted molar refractivity (Wildman–Crippen MR) is 75.8 cm³/mol. The highest BCUT2D eigenvalue weighted by atomic mass is 15.1. The molecule has 0 radical (unpaired) electrons. The molecule has 0 aromatic carbocycles. The van der Waals surface area contributed by atoms with E-state index in [4.69, 9.17) is 11.1 Å². The zero-order chi connectivity index (χ0) is 13.4. The Kier molecular flexibility index (Phi) is 6.36. The van der Waals surface area contributed by atoms with Crippen LogP contribution in [0.15, 0.2) is 24.5 Å². The fraction of sp³-hybridized carbons (Fsp3) is 0.571. The average molecular weight is 248 g/mol. The average Bonchev–Trinajstić information content (AvgIpc) is 2.33. The van der Waals surface area contributed by atoms with Crippen molar-refractivity contribution < 1.29 is 0 Å². The maximum absolute atomic E-state index is 7.31. The molecule has 0 aliphatic carbocycles. The summed E-state index contributed by atoms with van der Waals surface area (Å²) < 4.78 is 0. The van der Waals surface area contributed by atoms with E-state index in [1.807, 2.05) is 12.3 Å². The van der Waals surface area contributed by atoms with Crippen molar-refractivity contribution >= 4 is 5.84 Å². The van der Waals surface area contributed by atoms with Crippen LogP contribution in [0.25, 0.3) is 0 Å². The van der Waals surface area contributed by atoms with Crippen molar-refractivity contribution in [2.24, 2.45) is 11.7 Å². The molecule has 1 aromatic rings. The van der Waals surface area contributed by atoms with Gasteiger partial charge < -0.3 is 10.6 Å². The SMILES string of the molecule is CC(C)CN(CCC(=N)N)CCc1cccnc1. The van der Waals surface area contributed by atoms with E-state index in [0.29, 0.717) is 12.3 Å². The van der Waals surface area contributed by atoms with Gasteiger partial charge in [0.2, 0.25) is 0 Å². The summed E-state index contributed by atoms with van der Waals surface area (Å²) in [5.41, 5.74) is 6.68. The molecule has 0 bridgehead atoms. The maximum atomic E-state index is 7.31. The van der Waals surface area contributed by atoms with Crippen molar-refractivity contribution in [3.63, 3.8) is 0 Å². The van der Waals surface area contributed by atoms with Crippen molar-refractivity contribution in [1.29, 1.82) is 5.41 Å². The van der Waals surface area contributed by atoms with Crippen LogP contribution in [0, 0.1) is 11.3 Å². The number of nitrogens with two attached hydrogens (primary N) is 1. The van der Waals surface area contributed by atoms with E-state index in [2.05, 4.69) is 29.8 Å². The largest absolute Gasteiger partial charge is 0.388 e. The van der Waals surface area contributed by atoms with Gasteiger partial charge in [-0.25, -0.2) is 0 Å². The highest BCUT2D eigenvalue weighted by Gasteiger charge is 2.08. The van der Waals surface area contributed by atoms with Gasteiger partial charge in [-0.3, -0.25) is 10.4 Å². The maximum Gasteiger partial charge on any atom is 0.0918 e. The number of aromatic nitrogens is 1. The Labute approximate surface area is 110 Å². The van der Waals surface area contributed by atoms with E-state index < -0.39 is 0 Å². The molecule has 1 aromatic heterocycles. The van der Waals surface area contributed by atoms with Gasteiger partial charge >= 0.3 is 0 Å². The first-order valence-corrected chi connectivity index (χ1v) is 6.52. The number of nitrogens with one attached hydrogen (secondary N) is 1. The Balaban J connectivity index is 2.42. The lowest BCUT2D eigenvalue weighted by molar-refractivity contribution is 0.253. The number of hydrogen-bond donors (Lipinski definition) is 2. The zero-order valence-electron chi connectivity index (χ0n) is 11.4. The molecular weight excluding hydrogens is 224 g/mol. The molecule has 4 nitrogen and oxygen atoms in total.